The minimum absolute atomic E-state index is 0.0213. The largest absolute Gasteiger partial charge is 0.459 e. The first-order chi connectivity index (χ1) is 9.04. The topological polar surface area (TPSA) is 130 Å². The van der Waals surface area contributed by atoms with Crippen LogP contribution in [0.5, 0.6) is 0 Å². The molecule has 0 unspecified atom stereocenters. The first kappa shape index (κ1) is 16.1. The molecule has 8 nitrogen and oxygen atoms in total. The molecule has 0 amide bonds. The van der Waals surface area contributed by atoms with E-state index in [1.54, 1.807) is 13.8 Å². The molecule has 110 valence electrons. The summed E-state index contributed by atoms with van der Waals surface area (Å²) in [6, 6.07) is 1.79. The summed E-state index contributed by atoms with van der Waals surface area (Å²) in [6.45, 7) is 4.54. The molecule has 0 fully saturated rings. The first-order valence-corrected chi connectivity index (χ1v) is 7.11. The van der Waals surface area contributed by atoms with E-state index in [0.29, 0.717) is 0 Å². The Labute approximate surface area is 115 Å². The number of nitrogens with zero attached hydrogens (tertiary/aromatic N) is 1. The van der Waals surface area contributed by atoms with Gasteiger partial charge < -0.3 is 4.74 Å². The highest BCUT2D eigenvalue weighted by atomic mass is 32.2. The molecule has 2 N–H and O–H groups in total. The van der Waals surface area contributed by atoms with Crippen LogP contribution in [0.15, 0.2) is 17.0 Å². The molecule has 9 heteroatoms. The molecule has 0 aliphatic heterocycles. The number of nitro groups is 1. The number of ether oxygens (including phenoxy) is 1. The summed E-state index contributed by atoms with van der Waals surface area (Å²) >= 11 is 0. The van der Waals surface area contributed by atoms with E-state index in [4.69, 9.17) is 9.88 Å². The zero-order valence-electron chi connectivity index (χ0n) is 11.1. The van der Waals surface area contributed by atoms with E-state index < -0.39 is 37.6 Å². The maximum absolute atomic E-state index is 11.8. The lowest BCUT2D eigenvalue weighted by Crippen LogP contribution is -2.17. The van der Waals surface area contributed by atoms with Gasteiger partial charge in [-0.1, -0.05) is 0 Å². The highest BCUT2D eigenvalue weighted by Gasteiger charge is 2.25. The number of hydrogen-bond donors (Lipinski definition) is 1. The van der Waals surface area contributed by atoms with E-state index in [2.05, 4.69) is 0 Å². The van der Waals surface area contributed by atoms with E-state index in [1.807, 2.05) is 0 Å². The van der Waals surface area contributed by atoms with Crippen molar-refractivity contribution in [3.8, 4) is 0 Å². The second-order valence-corrected chi connectivity index (χ2v) is 5.93. The van der Waals surface area contributed by atoms with Gasteiger partial charge in [-0.15, -0.1) is 0 Å². The van der Waals surface area contributed by atoms with Gasteiger partial charge >= 0.3 is 5.97 Å². The Bertz CT molecular complexity index is 666. The molecule has 0 radical (unpaired) electrons. The summed E-state index contributed by atoms with van der Waals surface area (Å²) in [6.07, 6.45) is -0.445. The van der Waals surface area contributed by atoms with Crippen molar-refractivity contribution in [3.05, 3.63) is 33.4 Å². The number of sulfonamides is 1. The zero-order chi connectivity index (χ0) is 15.7. The van der Waals surface area contributed by atoms with Gasteiger partial charge in [-0.2, -0.15) is 0 Å². The molecule has 0 atom stereocenters. The number of nitro benzene ring substituents is 1. The maximum atomic E-state index is 11.8. The van der Waals surface area contributed by atoms with Crippen molar-refractivity contribution in [1.82, 2.24) is 0 Å². The Morgan fingerprint density at radius 1 is 1.40 bits per heavy atom. The van der Waals surface area contributed by atoms with Crippen molar-refractivity contribution in [1.29, 1.82) is 0 Å². The number of carbonyl (C=O) groups is 1. The molecule has 20 heavy (non-hydrogen) atoms. The monoisotopic (exact) mass is 302 g/mol. The van der Waals surface area contributed by atoms with E-state index in [-0.39, 0.29) is 11.1 Å². The van der Waals surface area contributed by atoms with E-state index >= 15 is 0 Å². The van der Waals surface area contributed by atoms with Gasteiger partial charge in [0.15, 0.2) is 0 Å². The van der Waals surface area contributed by atoms with Crippen LogP contribution in [0.2, 0.25) is 0 Å². The lowest BCUT2D eigenvalue weighted by molar-refractivity contribution is -0.385. The molecule has 0 bridgehead atoms. The number of primary sulfonamides is 1. The number of rotatable bonds is 4. The molecule has 0 aliphatic carbocycles. The number of benzene rings is 1. The van der Waals surface area contributed by atoms with Crippen LogP contribution in [-0.4, -0.2) is 25.4 Å². The standard InChI is InChI=1S/C11H14N2O6S/c1-6(2)19-11(14)9-4-8(20(12,17)18)5-10(7(9)3)13(15)16/h4-6H,1-3H3,(H2,12,17,18). The van der Waals surface area contributed by atoms with Gasteiger partial charge in [-0.05, 0) is 26.8 Å². The molecule has 0 saturated heterocycles. The van der Waals surface area contributed by atoms with Gasteiger partial charge in [-0.3, -0.25) is 10.1 Å². The minimum Gasteiger partial charge on any atom is -0.459 e. The van der Waals surface area contributed by atoms with E-state index in [1.165, 1.54) is 6.92 Å². The van der Waals surface area contributed by atoms with Crippen molar-refractivity contribution in [2.24, 2.45) is 5.14 Å². The predicted molar refractivity (Wildman–Crippen MR) is 69.8 cm³/mol. The number of carbonyl (C=O) groups excluding carboxylic acids is 1. The SMILES string of the molecule is Cc1c(C(=O)OC(C)C)cc(S(N)(=O)=O)cc1[N+](=O)[O-]. The number of esters is 1. The van der Waals surface area contributed by atoms with E-state index in [0.717, 1.165) is 12.1 Å². The molecule has 0 saturated carbocycles. The summed E-state index contributed by atoms with van der Waals surface area (Å²) in [5, 5.41) is 15.9. The summed E-state index contributed by atoms with van der Waals surface area (Å²) < 4.78 is 27.6. The average Bonchev–Trinajstić information content (AvgIpc) is 2.25. The minimum atomic E-state index is -4.17. The van der Waals surface area contributed by atoms with Crippen LogP contribution in [0, 0.1) is 17.0 Å². The lowest BCUT2D eigenvalue weighted by atomic mass is 10.1. The molecule has 0 aliphatic rings. The predicted octanol–water partition coefficient (Wildman–Crippen LogP) is 1.12. The van der Waals surface area contributed by atoms with Crippen LogP contribution in [0.25, 0.3) is 0 Å². The Morgan fingerprint density at radius 3 is 2.35 bits per heavy atom. The van der Waals surface area contributed by atoms with Crippen molar-refractivity contribution in [2.45, 2.75) is 31.8 Å². The van der Waals surface area contributed by atoms with Crippen LogP contribution in [0.1, 0.15) is 29.8 Å². The Kier molecular flexibility index (Phi) is 4.46. The lowest BCUT2D eigenvalue weighted by Gasteiger charge is -2.11. The molecule has 1 aromatic rings. The molecular formula is C11H14N2O6S. The molecule has 0 heterocycles. The third-order valence-electron chi connectivity index (χ3n) is 2.44. The van der Waals surface area contributed by atoms with Gasteiger partial charge in [0.05, 0.1) is 21.5 Å². The molecule has 0 spiro atoms. The normalized spacial score (nSPS) is 11.4. The van der Waals surface area contributed by atoms with Gasteiger partial charge in [0.2, 0.25) is 10.0 Å². The fraction of sp³-hybridized carbons (Fsp3) is 0.364. The van der Waals surface area contributed by atoms with E-state index in [9.17, 15) is 23.3 Å². The Balaban J connectivity index is 3.55. The van der Waals surface area contributed by atoms with Gasteiger partial charge in [0, 0.05) is 11.6 Å². The third kappa shape index (κ3) is 3.52. The highest BCUT2D eigenvalue weighted by Crippen LogP contribution is 2.26. The van der Waals surface area contributed by atoms with Crippen LogP contribution in [0.3, 0.4) is 0 Å². The number of hydrogen-bond acceptors (Lipinski definition) is 6. The quantitative estimate of drug-likeness (QED) is 0.504. The summed E-state index contributed by atoms with van der Waals surface area (Å²) in [7, 11) is -4.17. The summed E-state index contributed by atoms with van der Waals surface area (Å²) in [5.74, 6) is -0.842. The fourth-order valence-electron chi connectivity index (χ4n) is 1.52. The second kappa shape index (κ2) is 5.55. The Hall–Kier alpha value is -2.00. The zero-order valence-corrected chi connectivity index (χ0v) is 11.9. The average molecular weight is 302 g/mol. The van der Waals surface area contributed by atoms with Gasteiger partial charge in [0.25, 0.3) is 5.69 Å². The van der Waals surface area contributed by atoms with Crippen LogP contribution < -0.4 is 5.14 Å². The highest BCUT2D eigenvalue weighted by molar-refractivity contribution is 7.89. The van der Waals surface area contributed by atoms with Crippen LogP contribution >= 0.6 is 0 Å². The van der Waals surface area contributed by atoms with Crippen LogP contribution in [-0.2, 0) is 14.8 Å². The Morgan fingerprint density at radius 2 is 1.95 bits per heavy atom. The maximum Gasteiger partial charge on any atom is 0.338 e. The van der Waals surface area contributed by atoms with Gasteiger partial charge in [0.1, 0.15) is 0 Å². The molecular weight excluding hydrogens is 288 g/mol. The fourth-order valence-corrected chi connectivity index (χ4v) is 2.07. The van der Waals surface area contributed by atoms with Crippen molar-refractivity contribution < 1.29 is 22.9 Å². The summed E-state index contributed by atoms with van der Waals surface area (Å²) in [4.78, 5) is 21.5. The van der Waals surface area contributed by atoms with Crippen molar-refractivity contribution in [2.75, 3.05) is 0 Å². The van der Waals surface area contributed by atoms with Crippen molar-refractivity contribution in [3.63, 3.8) is 0 Å². The second-order valence-electron chi connectivity index (χ2n) is 4.37. The molecule has 0 aromatic heterocycles. The van der Waals surface area contributed by atoms with Crippen LogP contribution in [0.4, 0.5) is 5.69 Å². The van der Waals surface area contributed by atoms with Gasteiger partial charge in [-0.25, -0.2) is 18.4 Å². The molecule has 1 rings (SSSR count). The number of nitrogens with two attached hydrogens (primary N) is 1. The first-order valence-electron chi connectivity index (χ1n) is 5.57. The smallest absolute Gasteiger partial charge is 0.338 e. The third-order valence-corrected chi connectivity index (χ3v) is 3.33. The van der Waals surface area contributed by atoms with Crippen molar-refractivity contribution >= 4 is 21.7 Å². The molecule has 1 aromatic carbocycles. The summed E-state index contributed by atoms with van der Waals surface area (Å²) in [5.41, 5.74) is -0.683.